The van der Waals surface area contributed by atoms with E-state index in [0.29, 0.717) is 18.6 Å². The van der Waals surface area contributed by atoms with E-state index in [2.05, 4.69) is 0 Å². The average Bonchev–Trinajstić information content (AvgIpc) is 2.26. The van der Waals surface area contributed by atoms with Crippen LogP contribution in [-0.2, 0) is 4.79 Å². The van der Waals surface area contributed by atoms with Gasteiger partial charge in [-0.25, -0.2) is 4.79 Å². The lowest BCUT2D eigenvalue weighted by Crippen LogP contribution is -1.99. The topological polar surface area (TPSA) is 46.5 Å². The summed E-state index contributed by atoms with van der Waals surface area (Å²) in [5.41, 5.74) is 1.54. The van der Waals surface area contributed by atoms with E-state index in [9.17, 15) is 4.79 Å². The summed E-state index contributed by atoms with van der Waals surface area (Å²) in [7, 11) is 0. The summed E-state index contributed by atoms with van der Waals surface area (Å²) in [5.74, 6) is -0.0673. The zero-order chi connectivity index (χ0) is 12.0. The Morgan fingerprint density at radius 2 is 2.00 bits per heavy atom. The maximum atomic E-state index is 10.5. The van der Waals surface area contributed by atoms with Crippen LogP contribution in [-0.4, -0.2) is 17.7 Å². The first-order valence-corrected chi connectivity index (χ1v) is 5.19. The third-order valence-electron chi connectivity index (χ3n) is 2.20. The first-order valence-electron chi connectivity index (χ1n) is 5.19. The van der Waals surface area contributed by atoms with Crippen molar-refractivity contribution in [3.63, 3.8) is 0 Å². The van der Waals surface area contributed by atoms with Gasteiger partial charge in [-0.05, 0) is 26.0 Å². The molecule has 16 heavy (non-hydrogen) atoms. The van der Waals surface area contributed by atoms with Gasteiger partial charge in [0.1, 0.15) is 5.75 Å². The van der Waals surface area contributed by atoms with Crippen LogP contribution in [0.25, 0.3) is 0 Å². The largest absolute Gasteiger partial charge is 0.493 e. The molecule has 0 heterocycles. The number of ether oxygens (including phenoxy) is 1. The summed E-state index contributed by atoms with van der Waals surface area (Å²) in [6.45, 7) is 4.09. The maximum Gasteiger partial charge on any atom is 0.330 e. The van der Waals surface area contributed by atoms with Crippen molar-refractivity contribution in [2.75, 3.05) is 6.61 Å². The van der Waals surface area contributed by atoms with Crippen molar-refractivity contribution in [2.45, 2.75) is 20.3 Å². The Hall–Kier alpha value is -1.77. The van der Waals surface area contributed by atoms with E-state index in [-0.39, 0.29) is 0 Å². The van der Waals surface area contributed by atoms with Gasteiger partial charge in [-0.2, -0.15) is 0 Å². The highest BCUT2D eigenvalue weighted by Gasteiger charge is 1.98. The smallest absolute Gasteiger partial charge is 0.330 e. The quantitative estimate of drug-likeness (QED) is 0.613. The van der Waals surface area contributed by atoms with Crippen LogP contribution in [0.1, 0.15) is 18.9 Å². The van der Waals surface area contributed by atoms with Gasteiger partial charge in [0.25, 0.3) is 0 Å². The number of carboxylic acid groups (broad SMARTS) is 1. The van der Waals surface area contributed by atoms with E-state index in [0.717, 1.165) is 5.75 Å². The summed E-state index contributed by atoms with van der Waals surface area (Å²) in [4.78, 5) is 10.5. The zero-order valence-electron chi connectivity index (χ0n) is 9.56. The van der Waals surface area contributed by atoms with Crippen molar-refractivity contribution in [2.24, 2.45) is 0 Å². The van der Waals surface area contributed by atoms with Gasteiger partial charge in [0, 0.05) is 12.0 Å². The highest BCUT2D eigenvalue weighted by molar-refractivity contribution is 5.85. The van der Waals surface area contributed by atoms with Gasteiger partial charge in [-0.15, -0.1) is 0 Å². The zero-order valence-corrected chi connectivity index (χ0v) is 9.56. The predicted octanol–water partition coefficient (Wildman–Crippen LogP) is 2.79. The molecule has 1 N–H and O–H groups in total. The lowest BCUT2D eigenvalue weighted by Gasteiger charge is -2.04. The highest BCUT2D eigenvalue weighted by Crippen LogP contribution is 2.11. The van der Waals surface area contributed by atoms with Gasteiger partial charge in [0.15, 0.2) is 0 Å². The molecule has 0 bridgehead atoms. The minimum Gasteiger partial charge on any atom is -0.493 e. The molecule has 1 aromatic carbocycles. The van der Waals surface area contributed by atoms with Gasteiger partial charge >= 0.3 is 5.97 Å². The van der Waals surface area contributed by atoms with Gasteiger partial charge in [-0.3, -0.25) is 0 Å². The Morgan fingerprint density at radius 1 is 1.38 bits per heavy atom. The van der Waals surface area contributed by atoms with Crippen molar-refractivity contribution in [3.8, 4) is 5.75 Å². The minimum absolute atomic E-state index is 0.354. The molecule has 0 aliphatic carbocycles. The second-order valence-corrected chi connectivity index (χ2v) is 3.64. The molecule has 0 aliphatic rings. The van der Waals surface area contributed by atoms with Crippen molar-refractivity contribution in [3.05, 3.63) is 41.5 Å². The number of hydrogen-bond donors (Lipinski definition) is 1. The van der Waals surface area contributed by atoms with Gasteiger partial charge < -0.3 is 9.84 Å². The number of aliphatic carboxylic acids is 1. The lowest BCUT2D eigenvalue weighted by molar-refractivity contribution is -0.132. The molecule has 0 saturated heterocycles. The number of carboxylic acids is 1. The van der Waals surface area contributed by atoms with E-state index >= 15 is 0 Å². The van der Waals surface area contributed by atoms with Crippen LogP contribution in [0.5, 0.6) is 5.75 Å². The fraction of sp³-hybridized carbons (Fsp3) is 0.308. The number of hydrogen-bond acceptors (Lipinski definition) is 2. The van der Waals surface area contributed by atoms with Gasteiger partial charge in [-0.1, -0.05) is 23.8 Å². The SMILES string of the molecule is CC(=CCCOc1ccc(C)cc1)C(=O)O. The third kappa shape index (κ3) is 4.17. The molecule has 0 atom stereocenters. The standard InChI is InChI=1S/C13H16O3/c1-10-5-7-12(8-6-10)16-9-3-4-11(2)13(14)15/h4-8H,3,9H2,1-2H3,(H,14,15). The van der Waals surface area contributed by atoms with E-state index in [4.69, 9.17) is 9.84 Å². The number of rotatable bonds is 5. The van der Waals surface area contributed by atoms with Crippen LogP contribution in [0.2, 0.25) is 0 Å². The van der Waals surface area contributed by atoms with Crippen LogP contribution in [0.3, 0.4) is 0 Å². The molecule has 86 valence electrons. The second-order valence-electron chi connectivity index (χ2n) is 3.64. The van der Waals surface area contributed by atoms with Crippen LogP contribution in [0.15, 0.2) is 35.9 Å². The van der Waals surface area contributed by atoms with Crippen molar-refractivity contribution in [1.82, 2.24) is 0 Å². The first-order chi connectivity index (χ1) is 7.59. The van der Waals surface area contributed by atoms with Crippen LogP contribution < -0.4 is 4.74 Å². The molecule has 0 unspecified atom stereocenters. The molecule has 0 aromatic heterocycles. The molecule has 3 nitrogen and oxygen atoms in total. The maximum absolute atomic E-state index is 10.5. The average molecular weight is 220 g/mol. The minimum atomic E-state index is -0.879. The molecule has 1 rings (SSSR count). The van der Waals surface area contributed by atoms with E-state index < -0.39 is 5.97 Å². The Morgan fingerprint density at radius 3 is 2.56 bits per heavy atom. The molecule has 0 spiro atoms. The Labute approximate surface area is 95.4 Å². The fourth-order valence-electron chi connectivity index (χ4n) is 1.17. The Bertz CT molecular complexity index is 377. The molecule has 0 aliphatic heterocycles. The molecule has 0 fully saturated rings. The van der Waals surface area contributed by atoms with Crippen LogP contribution in [0, 0.1) is 6.92 Å². The number of carbonyl (C=O) groups is 1. The monoisotopic (exact) mass is 220 g/mol. The van der Waals surface area contributed by atoms with Crippen molar-refractivity contribution < 1.29 is 14.6 Å². The molecular weight excluding hydrogens is 204 g/mol. The Kier molecular flexibility index (Phi) is 4.58. The van der Waals surface area contributed by atoms with Crippen molar-refractivity contribution >= 4 is 5.97 Å². The molecule has 0 amide bonds. The summed E-state index contributed by atoms with van der Waals surface area (Å²) in [6.07, 6.45) is 2.27. The van der Waals surface area contributed by atoms with E-state index in [1.165, 1.54) is 5.56 Å². The highest BCUT2D eigenvalue weighted by atomic mass is 16.5. The molecule has 0 saturated carbocycles. The molecule has 1 aromatic rings. The summed E-state index contributed by atoms with van der Waals surface area (Å²) in [5, 5.41) is 8.62. The normalized spacial score (nSPS) is 11.2. The van der Waals surface area contributed by atoms with Crippen LogP contribution >= 0.6 is 0 Å². The predicted molar refractivity (Wildman–Crippen MR) is 62.7 cm³/mol. The molecule has 0 radical (unpaired) electrons. The molecular formula is C13H16O3. The van der Waals surface area contributed by atoms with E-state index in [1.54, 1.807) is 13.0 Å². The first kappa shape index (κ1) is 12.3. The van der Waals surface area contributed by atoms with Gasteiger partial charge in [0.2, 0.25) is 0 Å². The fourth-order valence-corrected chi connectivity index (χ4v) is 1.17. The second kappa shape index (κ2) is 5.95. The van der Waals surface area contributed by atoms with Crippen LogP contribution in [0.4, 0.5) is 0 Å². The number of benzene rings is 1. The summed E-state index contributed by atoms with van der Waals surface area (Å²) in [6, 6.07) is 7.77. The van der Waals surface area contributed by atoms with Gasteiger partial charge in [0.05, 0.1) is 6.61 Å². The third-order valence-corrected chi connectivity index (χ3v) is 2.20. The Balaban J connectivity index is 2.34. The number of aryl methyl sites for hydroxylation is 1. The lowest BCUT2D eigenvalue weighted by atomic mass is 10.2. The molecule has 3 heteroatoms. The van der Waals surface area contributed by atoms with Crippen molar-refractivity contribution in [1.29, 1.82) is 0 Å². The summed E-state index contributed by atoms with van der Waals surface area (Å²) < 4.78 is 5.45. The van der Waals surface area contributed by atoms with E-state index in [1.807, 2.05) is 31.2 Å². The summed E-state index contributed by atoms with van der Waals surface area (Å²) >= 11 is 0.